The predicted molar refractivity (Wildman–Crippen MR) is 127 cm³/mol. The molecule has 0 unspecified atom stereocenters. The number of rotatable bonds is 7. The summed E-state index contributed by atoms with van der Waals surface area (Å²) < 4.78 is 21.8. The molecule has 2 heterocycles. The smallest absolute Gasteiger partial charge is 0.550 e. The molecule has 1 aliphatic heterocycles. The van der Waals surface area contributed by atoms with Gasteiger partial charge in [0.25, 0.3) is 0 Å². The Hall–Kier alpha value is -2.67. The Labute approximate surface area is 226 Å². The monoisotopic (exact) mass is 480 g/mol. The van der Waals surface area contributed by atoms with Gasteiger partial charge in [0.15, 0.2) is 0 Å². The number of aromatic nitrogens is 2. The van der Waals surface area contributed by atoms with E-state index in [1.54, 1.807) is 12.1 Å². The third kappa shape index (κ3) is 5.01. The molecule has 5 rings (SSSR count). The van der Waals surface area contributed by atoms with Crippen molar-refractivity contribution < 1.29 is 48.6 Å². The Morgan fingerprint density at radius 1 is 1.17 bits per heavy atom. The Kier molecular flexibility index (Phi) is 7.64. The van der Waals surface area contributed by atoms with E-state index in [-0.39, 0.29) is 47.7 Å². The summed E-state index contributed by atoms with van der Waals surface area (Å²) in [6, 6.07) is 17.0. The normalized spacial score (nSPS) is 14.4. The molecule has 3 aromatic carbocycles. The fraction of sp³-hybridized carbons (Fsp3) is 0.286. The first-order valence-corrected chi connectivity index (χ1v) is 11.7. The number of halogens is 1. The number of imidazole rings is 1. The second-order valence-corrected chi connectivity index (χ2v) is 8.87. The number of ether oxygens (including phenoxy) is 1. The Bertz CT molecular complexity index is 1400. The maximum absolute atomic E-state index is 14.0. The number of aryl methyl sites for hydroxylation is 3. The third-order valence-corrected chi connectivity index (χ3v) is 6.71. The second kappa shape index (κ2) is 10.5. The van der Waals surface area contributed by atoms with E-state index in [2.05, 4.69) is 36.6 Å². The zero-order valence-electron chi connectivity index (χ0n) is 20.3. The van der Waals surface area contributed by atoms with E-state index in [4.69, 9.17) is 9.72 Å². The largest absolute Gasteiger partial charge is 1.00 e. The summed E-state index contributed by atoms with van der Waals surface area (Å²) in [4.78, 5) is 15.7. The quantitative estimate of drug-likeness (QED) is 0.376. The first kappa shape index (κ1) is 25.4. The molecule has 0 saturated heterocycles. The number of benzene rings is 3. The number of hydrogen-bond acceptors (Lipinski definition) is 4. The summed E-state index contributed by atoms with van der Waals surface area (Å²) >= 11 is 0. The third-order valence-electron chi connectivity index (χ3n) is 6.71. The number of fused-ring (bicyclic) bond motifs is 2. The van der Waals surface area contributed by atoms with Gasteiger partial charge in [-0.1, -0.05) is 31.2 Å². The van der Waals surface area contributed by atoms with Crippen LogP contribution >= 0.6 is 0 Å². The minimum absolute atomic E-state index is 0. The molecule has 0 spiro atoms. The van der Waals surface area contributed by atoms with Crippen molar-refractivity contribution in [2.24, 2.45) is 0 Å². The average molecular weight is 481 g/mol. The first-order chi connectivity index (χ1) is 16.4. The van der Waals surface area contributed by atoms with Gasteiger partial charge in [-0.25, -0.2) is 9.37 Å². The van der Waals surface area contributed by atoms with Crippen molar-refractivity contribution >= 4 is 17.0 Å². The summed E-state index contributed by atoms with van der Waals surface area (Å²) in [7, 11) is 0. The topological polar surface area (TPSA) is 67.2 Å². The summed E-state index contributed by atoms with van der Waals surface area (Å²) in [5.74, 6) is 0.207. The van der Waals surface area contributed by atoms with Crippen LogP contribution < -0.4 is 39.4 Å². The molecule has 174 valence electrons. The van der Waals surface area contributed by atoms with Gasteiger partial charge in [-0.15, -0.1) is 0 Å². The molecule has 0 aliphatic carbocycles. The van der Waals surface area contributed by atoms with Gasteiger partial charge in [0.1, 0.15) is 17.4 Å². The maximum atomic E-state index is 14.0. The molecule has 1 aliphatic rings. The van der Waals surface area contributed by atoms with Crippen molar-refractivity contribution in [3.63, 3.8) is 0 Å². The molecule has 7 heteroatoms. The van der Waals surface area contributed by atoms with Crippen molar-refractivity contribution in [1.82, 2.24) is 9.55 Å². The predicted octanol–water partition coefficient (Wildman–Crippen LogP) is 1.44. The van der Waals surface area contributed by atoms with Crippen molar-refractivity contribution in [3.8, 4) is 11.4 Å². The minimum Gasteiger partial charge on any atom is -0.550 e. The molecule has 0 bridgehead atoms. The number of nitrogens with zero attached hydrogens (tertiary/aromatic N) is 2. The zero-order valence-corrected chi connectivity index (χ0v) is 22.3. The fourth-order valence-electron chi connectivity index (χ4n) is 4.91. The molecule has 0 radical (unpaired) electrons. The number of carbonyl (C=O) groups is 1. The molecule has 5 nitrogen and oxygen atoms in total. The summed E-state index contributed by atoms with van der Waals surface area (Å²) in [6.45, 7) is 4.54. The molecule has 1 atom stereocenters. The van der Waals surface area contributed by atoms with Crippen LogP contribution in [-0.4, -0.2) is 22.1 Å². The molecule has 35 heavy (non-hydrogen) atoms. The van der Waals surface area contributed by atoms with Crippen LogP contribution in [0.15, 0.2) is 54.6 Å². The maximum Gasteiger partial charge on any atom is 1.00 e. The SMILES string of the molecule is CCc1nc2ccc(F)cc2n1-c1cccc(CCc2ccc3c(c2)OC[C@H]3CC(=O)[O-])c1C.[Na+]. The molecule has 0 N–H and O–H groups in total. The minimum atomic E-state index is -1.06. The first-order valence-electron chi connectivity index (χ1n) is 11.7. The number of aliphatic carboxylic acids is 1. The van der Waals surface area contributed by atoms with Crippen LogP contribution in [-0.2, 0) is 24.1 Å². The van der Waals surface area contributed by atoms with Gasteiger partial charge < -0.3 is 14.6 Å². The van der Waals surface area contributed by atoms with Crippen molar-refractivity contribution in [1.29, 1.82) is 0 Å². The summed E-state index contributed by atoms with van der Waals surface area (Å²) in [6.07, 6.45) is 2.38. The Balaban J connectivity index is 0.00000289. The molecular formula is C28H26FN2NaO3. The van der Waals surface area contributed by atoms with Gasteiger partial charge in [-0.05, 0) is 67.1 Å². The van der Waals surface area contributed by atoms with Crippen molar-refractivity contribution in [2.45, 2.75) is 45.4 Å². The number of carbonyl (C=O) groups excluding carboxylic acids is 1. The number of hydrogen-bond donors (Lipinski definition) is 0. The van der Waals surface area contributed by atoms with E-state index in [0.717, 1.165) is 64.2 Å². The summed E-state index contributed by atoms with van der Waals surface area (Å²) in [5.41, 5.74) is 7.03. The van der Waals surface area contributed by atoms with Crippen LogP contribution in [0.2, 0.25) is 0 Å². The molecule has 4 aromatic rings. The summed E-state index contributed by atoms with van der Waals surface area (Å²) in [5, 5.41) is 11.0. The molecule has 0 saturated carbocycles. The van der Waals surface area contributed by atoms with Crippen LogP contribution in [0.4, 0.5) is 4.39 Å². The van der Waals surface area contributed by atoms with E-state index >= 15 is 0 Å². The van der Waals surface area contributed by atoms with Crippen molar-refractivity contribution in [3.05, 3.63) is 88.5 Å². The number of carboxylic acid groups (broad SMARTS) is 1. The van der Waals surface area contributed by atoms with Gasteiger partial charge in [-0.3, -0.25) is 4.57 Å². The van der Waals surface area contributed by atoms with Gasteiger partial charge in [0.05, 0.1) is 23.3 Å². The van der Waals surface area contributed by atoms with Gasteiger partial charge >= 0.3 is 29.6 Å². The van der Waals surface area contributed by atoms with E-state index in [0.29, 0.717) is 6.61 Å². The van der Waals surface area contributed by atoms with Gasteiger partial charge in [0.2, 0.25) is 0 Å². The zero-order chi connectivity index (χ0) is 23.8. The molecule has 0 fully saturated rings. The number of carboxylic acids is 1. The molecule has 1 aromatic heterocycles. The standard InChI is InChI=1S/C28H27FN2O3.Na/c1-3-27-30-23-12-10-21(29)15-25(23)31(27)24-6-4-5-19(17(24)2)9-7-18-8-11-22-20(14-28(32)33)16-34-26(22)13-18;/h4-6,8,10-13,15,20H,3,7,9,14,16H2,1-2H3,(H,32,33);/q;+1/p-1/t20-;/m1./s1. The second-order valence-electron chi connectivity index (χ2n) is 8.87. The van der Waals surface area contributed by atoms with Gasteiger partial charge in [0, 0.05) is 29.9 Å². The van der Waals surface area contributed by atoms with Crippen LogP contribution in [0.1, 0.15) is 47.3 Å². The van der Waals surface area contributed by atoms with E-state index in [1.165, 1.54) is 11.6 Å². The molecule has 0 amide bonds. The molecular weight excluding hydrogens is 454 g/mol. The van der Waals surface area contributed by atoms with Crippen LogP contribution in [0.25, 0.3) is 16.7 Å². The van der Waals surface area contributed by atoms with Crippen molar-refractivity contribution in [2.75, 3.05) is 6.61 Å². The Morgan fingerprint density at radius 3 is 2.77 bits per heavy atom. The van der Waals surface area contributed by atoms with E-state index in [9.17, 15) is 14.3 Å². The van der Waals surface area contributed by atoms with E-state index < -0.39 is 5.97 Å². The van der Waals surface area contributed by atoms with Gasteiger partial charge in [-0.2, -0.15) is 0 Å². The van der Waals surface area contributed by atoms with E-state index in [1.807, 2.05) is 18.2 Å². The average Bonchev–Trinajstić information content (AvgIpc) is 3.38. The fourth-order valence-corrected chi connectivity index (χ4v) is 4.91. The van der Waals surface area contributed by atoms with Crippen LogP contribution in [0.3, 0.4) is 0 Å². The Morgan fingerprint density at radius 2 is 2.00 bits per heavy atom. The van der Waals surface area contributed by atoms with Crippen LogP contribution in [0, 0.1) is 12.7 Å². The van der Waals surface area contributed by atoms with Crippen LogP contribution in [0.5, 0.6) is 5.75 Å².